The minimum Gasteiger partial charge on any atom is -0.481 e. The smallest absolute Gasteiger partial charge is 0.300 e. The Hall–Kier alpha value is -3.88. The Bertz CT molecular complexity index is 597. The molecule has 2 aromatic carbocycles. The van der Waals surface area contributed by atoms with E-state index in [9.17, 15) is 0 Å². The highest BCUT2D eigenvalue weighted by molar-refractivity contribution is 5.63. The molecule has 2 rings (SSSR count). The maximum atomic E-state index is 9.00. The van der Waals surface area contributed by atoms with Crippen LogP contribution in [0.1, 0.15) is 27.7 Å². The van der Waals surface area contributed by atoms with Crippen LogP contribution in [0, 0.1) is 0 Å². The van der Waals surface area contributed by atoms with Crippen molar-refractivity contribution in [1.82, 2.24) is 0 Å². The fourth-order valence-corrected chi connectivity index (χ4v) is 1.11. The molecule has 0 amide bonds. The Kier molecular flexibility index (Phi) is 21.0. The zero-order valence-electron chi connectivity index (χ0n) is 16.6. The van der Waals surface area contributed by atoms with Gasteiger partial charge in [0.1, 0.15) is 11.5 Å². The highest BCUT2D eigenvalue weighted by atomic mass is 16.5. The monoisotopic (exact) mass is 410 g/mol. The fourth-order valence-electron chi connectivity index (χ4n) is 1.11. The standard InChI is InChI=1S/C12H10O.4C2H4O2/c1-3-7-11(8-4-1)13-12-9-5-2-6-10-12;4*1-2(3)4/h1-10H;4*1H3,(H,3,4). The van der Waals surface area contributed by atoms with Gasteiger partial charge in [-0.2, -0.15) is 0 Å². The Morgan fingerprint density at radius 3 is 0.862 bits per heavy atom. The number of ether oxygens (including phenoxy) is 1. The van der Waals surface area contributed by atoms with Crippen LogP contribution in [0.2, 0.25) is 0 Å². The van der Waals surface area contributed by atoms with E-state index in [2.05, 4.69) is 0 Å². The third-order valence-corrected chi connectivity index (χ3v) is 1.72. The summed E-state index contributed by atoms with van der Waals surface area (Å²) in [5.74, 6) is -1.59. The van der Waals surface area contributed by atoms with Crippen molar-refractivity contribution < 1.29 is 44.3 Å². The molecule has 9 heteroatoms. The number of hydrogen-bond donors (Lipinski definition) is 4. The van der Waals surface area contributed by atoms with Gasteiger partial charge >= 0.3 is 0 Å². The maximum Gasteiger partial charge on any atom is 0.300 e. The Balaban J connectivity index is -0.000000352. The number of benzene rings is 2. The molecule has 9 nitrogen and oxygen atoms in total. The highest BCUT2D eigenvalue weighted by Gasteiger charge is 1.92. The number of rotatable bonds is 2. The second-order valence-electron chi connectivity index (χ2n) is 4.80. The molecule has 0 aliphatic carbocycles. The Morgan fingerprint density at radius 1 is 0.517 bits per heavy atom. The third-order valence-electron chi connectivity index (χ3n) is 1.72. The highest BCUT2D eigenvalue weighted by Crippen LogP contribution is 2.19. The van der Waals surface area contributed by atoms with Crippen molar-refractivity contribution in [3.05, 3.63) is 60.7 Å². The zero-order chi connectivity index (χ0) is 23.2. The normalized spacial score (nSPS) is 7.72. The van der Waals surface area contributed by atoms with Gasteiger partial charge in [-0.25, -0.2) is 0 Å². The first kappa shape index (κ1) is 29.9. The summed E-state index contributed by atoms with van der Waals surface area (Å²) in [5, 5.41) is 29.7. The van der Waals surface area contributed by atoms with Gasteiger partial charge in [0.15, 0.2) is 0 Å². The van der Waals surface area contributed by atoms with Crippen molar-refractivity contribution in [2.75, 3.05) is 0 Å². The van der Waals surface area contributed by atoms with Crippen LogP contribution in [0.3, 0.4) is 0 Å². The van der Waals surface area contributed by atoms with E-state index in [0.717, 1.165) is 39.2 Å². The lowest BCUT2D eigenvalue weighted by molar-refractivity contribution is -0.135. The summed E-state index contributed by atoms with van der Waals surface area (Å²) < 4.78 is 5.58. The van der Waals surface area contributed by atoms with Crippen molar-refractivity contribution in [2.24, 2.45) is 0 Å². The van der Waals surface area contributed by atoms with Gasteiger partial charge in [-0.1, -0.05) is 36.4 Å². The predicted molar refractivity (Wildman–Crippen MR) is 106 cm³/mol. The van der Waals surface area contributed by atoms with E-state index in [4.69, 9.17) is 44.3 Å². The summed E-state index contributed by atoms with van der Waals surface area (Å²) >= 11 is 0. The van der Waals surface area contributed by atoms with E-state index < -0.39 is 23.9 Å². The molecule has 2 aromatic rings. The second kappa shape index (κ2) is 20.4. The first-order valence-corrected chi connectivity index (χ1v) is 7.94. The number of carbonyl (C=O) groups is 4. The molecule has 0 saturated heterocycles. The quantitative estimate of drug-likeness (QED) is 0.577. The SMILES string of the molecule is CC(=O)O.CC(=O)O.CC(=O)O.CC(=O)O.c1ccc(Oc2ccccc2)cc1. The lowest BCUT2D eigenvalue weighted by atomic mass is 10.3. The average Bonchev–Trinajstić information content (AvgIpc) is 2.54. The molecule has 0 fully saturated rings. The summed E-state index contributed by atoms with van der Waals surface area (Å²) in [6.45, 7) is 4.33. The molecule has 0 bridgehead atoms. The van der Waals surface area contributed by atoms with E-state index in [-0.39, 0.29) is 0 Å². The number of hydrogen-bond acceptors (Lipinski definition) is 5. The van der Waals surface area contributed by atoms with Gasteiger partial charge in [-0.15, -0.1) is 0 Å². The predicted octanol–water partition coefficient (Wildman–Crippen LogP) is 3.84. The first-order valence-electron chi connectivity index (χ1n) is 7.94. The Labute approximate surface area is 168 Å². The van der Waals surface area contributed by atoms with E-state index >= 15 is 0 Å². The molecule has 0 atom stereocenters. The molecular weight excluding hydrogens is 384 g/mol. The van der Waals surface area contributed by atoms with Crippen molar-refractivity contribution in [1.29, 1.82) is 0 Å². The molecule has 0 aromatic heterocycles. The molecule has 160 valence electrons. The van der Waals surface area contributed by atoms with Gasteiger partial charge in [0, 0.05) is 27.7 Å². The lowest BCUT2D eigenvalue weighted by Crippen LogP contribution is -1.81. The van der Waals surface area contributed by atoms with Crippen molar-refractivity contribution in [3.63, 3.8) is 0 Å². The molecule has 29 heavy (non-hydrogen) atoms. The van der Waals surface area contributed by atoms with Crippen LogP contribution in [-0.2, 0) is 19.2 Å². The molecule has 0 unspecified atom stereocenters. The van der Waals surface area contributed by atoms with E-state index in [0.29, 0.717) is 0 Å². The number of carboxylic acid groups (broad SMARTS) is 4. The van der Waals surface area contributed by atoms with Gasteiger partial charge in [-0.3, -0.25) is 19.2 Å². The van der Waals surface area contributed by atoms with Gasteiger partial charge in [0.05, 0.1) is 0 Å². The van der Waals surface area contributed by atoms with Crippen molar-refractivity contribution in [3.8, 4) is 11.5 Å². The van der Waals surface area contributed by atoms with Crippen molar-refractivity contribution >= 4 is 23.9 Å². The Morgan fingerprint density at radius 2 is 0.690 bits per heavy atom. The number of aliphatic carboxylic acids is 4. The van der Waals surface area contributed by atoms with Crippen LogP contribution >= 0.6 is 0 Å². The maximum absolute atomic E-state index is 9.00. The summed E-state index contributed by atoms with van der Waals surface area (Å²) in [6.07, 6.45) is 0. The molecule has 0 aliphatic rings. The largest absolute Gasteiger partial charge is 0.481 e. The molecule has 0 spiro atoms. The molecule has 4 N–H and O–H groups in total. The first-order chi connectivity index (χ1) is 13.4. The van der Waals surface area contributed by atoms with Crippen LogP contribution < -0.4 is 4.74 Å². The number of para-hydroxylation sites is 2. The second-order valence-corrected chi connectivity index (χ2v) is 4.80. The topological polar surface area (TPSA) is 158 Å². The molecule has 0 aliphatic heterocycles. The molecular formula is C20H26O9. The van der Waals surface area contributed by atoms with E-state index in [1.54, 1.807) is 0 Å². The van der Waals surface area contributed by atoms with Crippen LogP contribution in [-0.4, -0.2) is 44.3 Å². The summed E-state index contributed by atoms with van der Waals surface area (Å²) in [4.78, 5) is 36.0. The minimum absolute atomic E-state index is 0.833. The third kappa shape index (κ3) is 45.4. The van der Waals surface area contributed by atoms with Crippen molar-refractivity contribution in [2.45, 2.75) is 27.7 Å². The van der Waals surface area contributed by atoms with Gasteiger partial charge in [0.2, 0.25) is 0 Å². The van der Waals surface area contributed by atoms with Gasteiger partial charge in [-0.05, 0) is 24.3 Å². The average molecular weight is 410 g/mol. The summed E-state index contributed by atoms with van der Waals surface area (Å²) in [6, 6.07) is 19.5. The molecule has 0 saturated carbocycles. The van der Waals surface area contributed by atoms with Crippen LogP contribution in [0.15, 0.2) is 60.7 Å². The lowest BCUT2D eigenvalue weighted by Gasteiger charge is -2.03. The summed E-state index contributed by atoms with van der Waals surface area (Å²) in [5.41, 5.74) is 0. The fraction of sp³-hybridized carbons (Fsp3) is 0.200. The van der Waals surface area contributed by atoms with E-state index in [1.807, 2.05) is 60.7 Å². The number of carboxylic acids is 4. The molecule has 0 heterocycles. The van der Waals surface area contributed by atoms with Crippen LogP contribution in [0.5, 0.6) is 11.5 Å². The zero-order valence-corrected chi connectivity index (χ0v) is 16.6. The van der Waals surface area contributed by atoms with E-state index in [1.165, 1.54) is 0 Å². The summed E-state index contributed by atoms with van der Waals surface area (Å²) in [7, 11) is 0. The van der Waals surface area contributed by atoms with Gasteiger partial charge < -0.3 is 25.2 Å². The minimum atomic E-state index is -0.833. The van der Waals surface area contributed by atoms with Gasteiger partial charge in [0.25, 0.3) is 23.9 Å². The van der Waals surface area contributed by atoms with Crippen LogP contribution in [0.25, 0.3) is 0 Å². The molecule has 0 radical (unpaired) electrons. The van der Waals surface area contributed by atoms with Crippen LogP contribution in [0.4, 0.5) is 0 Å².